The number of rotatable bonds is 6. The van der Waals surface area contributed by atoms with Gasteiger partial charge >= 0.3 is 0 Å². The molecular weight excluding hydrogens is 360 g/mol. The highest BCUT2D eigenvalue weighted by molar-refractivity contribution is 7.99. The molecule has 2 aromatic carbocycles. The van der Waals surface area contributed by atoms with Gasteiger partial charge in [0.05, 0.1) is 6.10 Å². The summed E-state index contributed by atoms with van der Waals surface area (Å²) in [5.41, 5.74) is 1.89. The highest BCUT2D eigenvalue weighted by Gasteiger charge is 2.12. The summed E-state index contributed by atoms with van der Waals surface area (Å²) in [6, 6.07) is 15.9. The van der Waals surface area contributed by atoms with Crippen LogP contribution in [0.15, 0.2) is 53.7 Å². The third-order valence-electron chi connectivity index (χ3n) is 4.18. The third-order valence-corrected chi connectivity index (χ3v) is 5.17. The largest absolute Gasteiger partial charge is 0.490 e. The minimum Gasteiger partial charge on any atom is -0.490 e. The van der Waals surface area contributed by atoms with Crippen molar-refractivity contribution in [3.63, 3.8) is 0 Å². The molecule has 0 fully saturated rings. The number of thioether (sulfide) groups is 1. The van der Waals surface area contributed by atoms with Gasteiger partial charge in [0, 0.05) is 22.5 Å². The van der Waals surface area contributed by atoms with E-state index in [1.807, 2.05) is 62.4 Å². The van der Waals surface area contributed by atoms with Gasteiger partial charge in [-0.05, 0) is 31.4 Å². The van der Waals surface area contributed by atoms with Crippen LogP contribution in [0.4, 0.5) is 0 Å². The minimum absolute atomic E-state index is 0.213. The van der Waals surface area contributed by atoms with Crippen molar-refractivity contribution in [3.05, 3.63) is 59.9 Å². The maximum absolute atomic E-state index is 10.3. The number of aliphatic hydroxyl groups is 1. The molecule has 1 N–H and O–H groups in total. The summed E-state index contributed by atoms with van der Waals surface area (Å²) >= 11 is 1.39. The Morgan fingerprint density at radius 1 is 1.11 bits per heavy atom. The van der Waals surface area contributed by atoms with Gasteiger partial charge in [-0.25, -0.2) is 9.50 Å². The van der Waals surface area contributed by atoms with Crippen molar-refractivity contribution in [2.24, 2.45) is 0 Å². The van der Waals surface area contributed by atoms with E-state index in [2.05, 4.69) is 15.1 Å². The average Bonchev–Trinajstić information content (AvgIpc) is 3.08. The van der Waals surface area contributed by atoms with Gasteiger partial charge < -0.3 is 9.84 Å². The van der Waals surface area contributed by atoms with Crippen molar-refractivity contribution in [3.8, 4) is 5.75 Å². The maximum Gasteiger partial charge on any atom is 0.253 e. The number of fused-ring (bicyclic) bond motifs is 2. The van der Waals surface area contributed by atoms with Gasteiger partial charge in [-0.2, -0.15) is 4.98 Å². The van der Waals surface area contributed by atoms with Crippen molar-refractivity contribution in [2.75, 3.05) is 12.4 Å². The average molecular weight is 380 g/mol. The number of ether oxygens (including phenoxy) is 1. The van der Waals surface area contributed by atoms with Gasteiger partial charge in [-0.15, -0.1) is 5.10 Å². The topological polar surface area (TPSA) is 72.5 Å². The van der Waals surface area contributed by atoms with Crippen LogP contribution in [-0.4, -0.2) is 43.2 Å². The summed E-state index contributed by atoms with van der Waals surface area (Å²) in [6.07, 6.45) is -0.628. The van der Waals surface area contributed by atoms with Crippen molar-refractivity contribution in [1.29, 1.82) is 0 Å². The fraction of sp³-hybridized carbons (Fsp3) is 0.250. The lowest BCUT2D eigenvalue weighted by Crippen LogP contribution is -2.20. The first kappa shape index (κ1) is 17.8. The molecule has 7 heteroatoms. The third kappa shape index (κ3) is 3.89. The van der Waals surface area contributed by atoms with Gasteiger partial charge in [0.2, 0.25) is 5.16 Å². The summed E-state index contributed by atoms with van der Waals surface area (Å²) in [6.45, 7) is 4.12. The van der Waals surface area contributed by atoms with Gasteiger partial charge in [-0.3, -0.25) is 0 Å². The molecule has 4 aromatic rings. The van der Waals surface area contributed by atoms with E-state index in [-0.39, 0.29) is 6.61 Å². The predicted octanol–water partition coefficient (Wildman–Crippen LogP) is 3.43. The van der Waals surface area contributed by atoms with Crippen LogP contribution in [0.2, 0.25) is 0 Å². The summed E-state index contributed by atoms with van der Waals surface area (Å²) in [5.74, 6) is 1.80. The molecule has 0 saturated heterocycles. The van der Waals surface area contributed by atoms with E-state index >= 15 is 0 Å². The van der Waals surface area contributed by atoms with E-state index in [1.165, 1.54) is 11.8 Å². The SMILES string of the molecule is Cc1cc(C)n2nc(SC[C@H](O)COc3cccc4ccccc34)nc2n1. The van der Waals surface area contributed by atoms with E-state index in [0.29, 0.717) is 16.7 Å². The van der Waals surface area contributed by atoms with Gasteiger partial charge in [0.25, 0.3) is 5.78 Å². The van der Waals surface area contributed by atoms with Crippen molar-refractivity contribution in [2.45, 2.75) is 25.1 Å². The van der Waals surface area contributed by atoms with Crippen LogP contribution < -0.4 is 4.74 Å². The number of hydrogen-bond donors (Lipinski definition) is 1. The van der Waals surface area contributed by atoms with Crippen molar-refractivity contribution >= 4 is 28.3 Å². The molecule has 138 valence electrons. The molecule has 0 bridgehead atoms. The molecular formula is C20H20N4O2S. The Hall–Kier alpha value is -2.64. The fourth-order valence-corrected chi connectivity index (χ4v) is 3.66. The Morgan fingerprint density at radius 3 is 2.81 bits per heavy atom. The van der Waals surface area contributed by atoms with Crippen LogP contribution in [0.25, 0.3) is 16.6 Å². The van der Waals surface area contributed by atoms with E-state index in [1.54, 1.807) is 4.52 Å². The zero-order chi connectivity index (χ0) is 18.8. The predicted molar refractivity (Wildman–Crippen MR) is 106 cm³/mol. The molecule has 4 rings (SSSR count). The molecule has 0 saturated carbocycles. The molecule has 27 heavy (non-hydrogen) atoms. The smallest absolute Gasteiger partial charge is 0.253 e. The quantitative estimate of drug-likeness (QED) is 0.517. The van der Waals surface area contributed by atoms with Crippen LogP contribution in [-0.2, 0) is 0 Å². The van der Waals surface area contributed by atoms with E-state index in [4.69, 9.17) is 4.74 Å². The summed E-state index contributed by atoms with van der Waals surface area (Å²) < 4.78 is 7.56. The van der Waals surface area contributed by atoms with Crippen LogP contribution >= 0.6 is 11.8 Å². The Kier molecular flexibility index (Phi) is 4.96. The lowest BCUT2D eigenvalue weighted by molar-refractivity contribution is 0.127. The molecule has 0 amide bonds. The number of benzene rings is 2. The van der Waals surface area contributed by atoms with Crippen LogP contribution in [0.1, 0.15) is 11.4 Å². The zero-order valence-electron chi connectivity index (χ0n) is 15.2. The zero-order valence-corrected chi connectivity index (χ0v) is 16.0. The lowest BCUT2D eigenvalue weighted by atomic mass is 10.1. The Bertz CT molecular complexity index is 1090. The fourth-order valence-electron chi connectivity index (χ4n) is 2.94. The van der Waals surface area contributed by atoms with Crippen LogP contribution in [0, 0.1) is 13.8 Å². The van der Waals surface area contributed by atoms with Crippen molar-refractivity contribution in [1.82, 2.24) is 19.6 Å². The van der Waals surface area contributed by atoms with E-state index in [9.17, 15) is 5.11 Å². The van der Waals surface area contributed by atoms with Crippen LogP contribution in [0.5, 0.6) is 5.75 Å². The summed E-state index contributed by atoms with van der Waals surface area (Å²) in [5, 5.41) is 17.5. The minimum atomic E-state index is -0.628. The highest BCUT2D eigenvalue weighted by atomic mass is 32.2. The second-order valence-corrected chi connectivity index (χ2v) is 7.39. The number of aliphatic hydroxyl groups excluding tert-OH is 1. The van der Waals surface area contributed by atoms with Gasteiger partial charge in [0.15, 0.2) is 0 Å². The summed E-state index contributed by atoms with van der Waals surface area (Å²) in [7, 11) is 0. The standard InChI is InChI=1S/C20H20N4O2S/c1-13-10-14(2)24-19(21-13)22-20(23-24)27-12-16(25)11-26-18-9-5-7-15-6-3-4-8-17(15)18/h3-10,16,25H,11-12H2,1-2H3/t16-/m1/s1. The number of aromatic nitrogens is 4. The maximum atomic E-state index is 10.3. The molecule has 2 aromatic heterocycles. The Balaban J connectivity index is 1.38. The number of aryl methyl sites for hydroxylation is 2. The molecule has 0 spiro atoms. The Labute approximate surface area is 161 Å². The second-order valence-electron chi connectivity index (χ2n) is 6.40. The first-order valence-corrected chi connectivity index (χ1v) is 9.71. The molecule has 0 aliphatic rings. The highest BCUT2D eigenvalue weighted by Crippen LogP contribution is 2.25. The monoisotopic (exact) mass is 380 g/mol. The number of nitrogens with zero attached hydrogens (tertiary/aromatic N) is 4. The number of hydrogen-bond acceptors (Lipinski definition) is 6. The van der Waals surface area contributed by atoms with Gasteiger partial charge in [0.1, 0.15) is 12.4 Å². The second kappa shape index (κ2) is 7.54. The lowest BCUT2D eigenvalue weighted by Gasteiger charge is -2.13. The Morgan fingerprint density at radius 2 is 1.93 bits per heavy atom. The first-order valence-electron chi connectivity index (χ1n) is 8.72. The molecule has 2 heterocycles. The molecule has 0 aliphatic heterocycles. The normalized spacial score (nSPS) is 12.6. The molecule has 1 atom stereocenters. The van der Waals surface area contributed by atoms with Gasteiger partial charge in [-0.1, -0.05) is 48.2 Å². The molecule has 0 unspecified atom stereocenters. The molecule has 6 nitrogen and oxygen atoms in total. The van der Waals surface area contributed by atoms with E-state index in [0.717, 1.165) is 27.9 Å². The van der Waals surface area contributed by atoms with Crippen molar-refractivity contribution < 1.29 is 9.84 Å². The summed E-state index contributed by atoms with van der Waals surface area (Å²) in [4.78, 5) is 8.80. The van der Waals surface area contributed by atoms with E-state index < -0.39 is 6.10 Å². The first-order chi connectivity index (χ1) is 13.1. The molecule has 0 aliphatic carbocycles. The molecule has 0 radical (unpaired) electrons. The van der Waals surface area contributed by atoms with Crippen LogP contribution in [0.3, 0.4) is 0 Å².